The van der Waals surface area contributed by atoms with Crippen molar-refractivity contribution in [3.05, 3.63) is 63.2 Å². The fraction of sp³-hybridized carbons (Fsp3) is 0.227. The van der Waals surface area contributed by atoms with Gasteiger partial charge in [0.2, 0.25) is 0 Å². The van der Waals surface area contributed by atoms with Crippen LogP contribution in [-0.2, 0) is 14.4 Å². The second-order valence-electron chi connectivity index (χ2n) is 7.40. The molecule has 4 rings (SSSR count). The molecule has 156 valence electrons. The van der Waals surface area contributed by atoms with Crippen LogP contribution in [0.25, 0.3) is 22.3 Å². The number of benzene rings is 2. The molecule has 2 N–H and O–H groups in total. The van der Waals surface area contributed by atoms with Gasteiger partial charge in [0.1, 0.15) is 5.69 Å². The van der Waals surface area contributed by atoms with Gasteiger partial charge in [0.15, 0.2) is 6.23 Å². The van der Waals surface area contributed by atoms with Gasteiger partial charge >= 0.3 is 0 Å². The molecule has 1 aliphatic rings. The number of ether oxygens (including phenoxy) is 1. The van der Waals surface area contributed by atoms with Gasteiger partial charge in [-0.3, -0.25) is 4.21 Å². The minimum absolute atomic E-state index is 0.116. The zero-order valence-corrected chi connectivity index (χ0v) is 18.6. The number of rotatable bonds is 6. The molecule has 0 saturated carbocycles. The van der Waals surface area contributed by atoms with Crippen molar-refractivity contribution in [2.24, 2.45) is 5.18 Å². The van der Waals surface area contributed by atoms with Crippen LogP contribution in [-0.4, -0.2) is 23.4 Å². The lowest BCUT2D eigenvalue weighted by Crippen LogP contribution is -2.25. The van der Waals surface area contributed by atoms with Gasteiger partial charge in [-0.2, -0.15) is 0 Å². The van der Waals surface area contributed by atoms with E-state index in [1.54, 1.807) is 30.8 Å². The molecule has 0 saturated heterocycles. The van der Waals surface area contributed by atoms with Crippen molar-refractivity contribution in [1.82, 2.24) is 4.72 Å². The van der Waals surface area contributed by atoms with E-state index in [4.69, 9.17) is 4.74 Å². The van der Waals surface area contributed by atoms with Crippen molar-refractivity contribution >= 4 is 38.3 Å². The van der Waals surface area contributed by atoms with E-state index in [2.05, 4.69) is 27.2 Å². The van der Waals surface area contributed by atoms with Gasteiger partial charge in [0, 0.05) is 51.5 Å². The van der Waals surface area contributed by atoms with Gasteiger partial charge in [-0.25, -0.2) is 4.72 Å². The van der Waals surface area contributed by atoms with E-state index in [0.717, 1.165) is 38.4 Å². The number of nitroso groups, excluding NO2 is 1. The van der Waals surface area contributed by atoms with Gasteiger partial charge in [-0.1, -0.05) is 24.3 Å². The summed E-state index contributed by atoms with van der Waals surface area (Å²) in [5.41, 5.74) is 5.94. The summed E-state index contributed by atoms with van der Waals surface area (Å²) in [5.74, 6) is 3.65. The number of hydrogen-bond acceptors (Lipinski definition) is 6. The first kappa shape index (κ1) is 20.7. The molecule has 3 aromatic rings. The number of hydrogen-bond donors (Lipinski definition) is 2. The van der Waals surface area contributed by atoms with Crippen LogP contribution in [0.4, 0.5) is 11.4 Å². The highest BCUT2D eigenvalue weighted by atomic mass is 32.2. The van der Waals surface area contributed by atoms with E-state index in [1.807, 2.05) is 42.6 Å². The van der Waals surface area contributed by atoms with Crippen LogP contribution in [0.2, 0.25) is 0 Å². The monoisotopic (exact) mass is 441 g/mol. The molecule has 0 radical (unpaired) electrons. The second kappa shape index (κ2) is 7.96. The number of fused-ring (bicyclic) bond motifs is 3. The average molecular weight is 442 g/mol. The number of thiophene rings is 1. The Balaban J connectivity index is 1.82. The maximum Gasteiger partial charge on any atom is 0.163 e. The summed E-state index contributed by atoms with van der Waals surface area (Å²) in [6, 6.07) is 13.4. The standard InChI is InChI=1S/C22H23N3O3S2/c1-13(25-30(3,4)27)14-5-7-15(8-6-14)19-18(24-26)10-9-17-20(19)16-11-12-29-21(16)22(23-17)28-2/h5-13,22-23H,3H2,1-2,4H3,(H,25,27). The number of anilines is 1. The molecule has 0 fully saturated rings. The molecule has 3 unspecified atom stereocenters. The van der Waals surface area contributed by atoms with Crippen molar-refractivity contribution < 1.29 is 8.95 Å². The highest BCUT2D eigenvalue weighted by Crippen LogP contribution is 2.51. The average Bonchev–Trinajstić information content (AvgIpc) is 3.21. The Labute approximate surface area is 180 Å². The Bertz CT molecular complexity index is 1200. The summed E-state index contributed by atoms with van der Waals surface area (Å²) in [7, 11) is -0.647. The van der Waals surface area contributed by atoms with Crippen LogP contribution in [0.3, 0.4) is 0 Å². The fourth-order valence-corrected chi connectivity index (χ4v) is 5.65. The Morgan fingerprint density at radius 2 is 1.93 bits per heavy atom. The third-order valence-electron chi connectivity index (χ3n) is 5.13. The van der Waals surface area contributed by atoms with Crippen LogP contribution in [0, 0.1) is 4.91 Å². The molecule has 0 bridgehead atoms. The van der Waals surface area contributed by atoms with E-state index >= 15 is 0 Å². The molecule has 0 spiro atoms. The third-order valence-corrected chi connectivity index (χ3v) is 6.94. The van der Waals surface area contributed by atoms with Crippen LogP contribution in [0.15, 0.2) is 53.0 Å². The van der Waals surface area contributed by atoms with E-state index in [1.165, 1.54) is 0 Å². The molecule has 0 aliphatic carbocycles. The van der Waals surface area contributed by atoms with E-state index in [9.17, 15) is 9.12 Å². The van der Waals surface area contributed by atoms with Crippen molar-refractivity contribution in [2.45, 2.75) is 19.2 Å². The molecule has 2 aromatic carbocycles. The smallest absolute Gasteiger partial charge is 0.163 e. The molecule has 8 heteroatoms. The largest absolute Gasteiger partial charge is 0.357 e. The Morgan fingerprint density at radius 3 is 2.57 bits per heavy atom. The summed E-state index contributed by atoms with van der Waals surface area (Å²) in [6.45, 7) is 1.94. The van der Waals surface area contributed by atoms with Crippen LogP contribution in [0.5, 0.6) is 0 Å². The maximum atomic E-state index is 12.0. The zero-order valence-electron chi connectivity index (χ0n) is 17.0. The highest BCUT2D eigenvalue weighted by molar-refractivity contribution is 7.97. The summed E-state index contributed by atoms with van der Waals surface area (Å²) in [4.78, 5) is 12.7. The van der Waals surface area contributed by atoms with Crippen molar-refractivity contribution in [3.8, 4) is 22.3 Å². The minimum Gasteiger partial charge on any atom is -0.357 e. The van der Waals surface area contributed by atoms with Crippen LogP contribution in [0.1, 0.15) is 29.6 Å². The summed E-state index contributed by atoms with van der Waals surface area (Å²) < 4.78 is 20.6. The van der Waals surface area contributed by atoms with Crippen molar-refractivity contribution in [3.63, 3.8) is 0 Å². The van der Waals surface area contributed by atoms with Crippen LogP contribution >= 0.6 is 11.3 Å². The van der Waals surface area contributed by atoms with Gasteiger partial charge in [0.05, 0.1) is 4.88 Å². The topological polar surface area (TPSA) is 79.8 Å². The number of nitrogens with zero attached hydrogens (tertiary/aromatic N) is 1. The molecule has 0 amide bonds. The van der Waals surface area contributed by atoms with E-state index < -0.39 is 9.71 Å². The van der Waals surface area contributed by atoms with E-state index in [0.29, 0.717) is 5.69 Å². The van der Waals surface area contributed by atoms with Gasteiger partial charge in [-0.05, 0) is 52.7 Å². The fourth-order valence-electron chi connectivity index (χ4n) is 3.84. The van der Waals surface area contributed by atoms with Gasteiger partial charge in [0.25, 0.3) is 0 Å². The van der Waals surface area contributed by atoms with Gasteiger partial charge in [-0.15, -0.1) is 16.2 Å². The molecular weight excluding hydrogens is 418 g/mol. The minimum atomic E-state index is -2.32. The quantitative estimate of drug-likeness (QED) is 0.393. The summed E-state index contributed by atoms with van der Waals surface area (Å²) in [6.07, 6.45) is 1.35. The summed E-state index contributed by atoms with van der Waals surface area (Å²) in [5, 5.41) is 8.72. The highest BCUT2D eigenvalue weighted by Gasteiger charge is 2.29. The predicted octanol–water partition coefficient (Wildman–Crippen LogP) is 5.46. The normalized spacial score (nSPS) is 17.9. The predicted molar refractivity (Wildman–Crippen MR) is 127 cm³/mol. The molecule has 3 atom stereocenters. The first-order valence-corrected chi connectivity index (χ1v) is 12.4. The molecular formula is C22H23N3O3S2. The molecule has 2 heterocycles. The number of nitrogens with one attached hydrogen (secondary N) is 2. The lowest BCUT2D eigenvalue weighted by atomic mass is 9.89. The lowest BCUT2D eigenvalue weighted by Gasteiger charge is -2.28. The first-order valence-electron chi connectivity index (χ1n) is 9.39. The third kappa shape index (κ3) is 3.79. The second-order valence-corrected chi connectivity index (χ2v) is 10.6. The Morgan fingerprint density at radius 1 is 1.20 bits per heavy atom. The van der Waals surface area contributed by atoms with Gasteiger partial charge < -0.3 is 10.1 Å². The maximum absolute atomic E-state index is 12.0. The molecule has 30 heavy (non-hydrogen) atoms. The SMILES string of the molecule is C=S(C)(=O)NC(C)c1ccc(-c2c(N=O)ccc3c2-c2ccsc2C(OC)N3)cc1. The van der Waals surface area contributed by atoms with Crippen molar-refractivity contribution in [2.75, 3.05) is 18.7 Å². The van der Waals surface area contributed by atoms with Crippen molar-refractivity contribution in [1.29, 1.82) is 0 Å². The first-order chi connectivity index (χ1) is 14.3. The van der Waals surface area contributed by atoms with Crippen LogP contribution < -0.4 is 10.0 Å². The molecule has 1 aliphatic heterocycles. The molecule has 6 nitrogen and oxygen atoms in total. The zero-order chi connectivity index (χ0) is 21.5. The Kier molecular flexibility index (Phi) is 5.50. The summed E-state index contributed by atoms with van der Waals surface area (Å²) >= 11 is 1.61. The lowest BCUT2D eigenvalue weighted by molar-refractivity contribution is 0.129. The number of methoxy groups -OCH3 is 1. The molecule has 1 aromatic heterocycles. The Hall–Kier alpha value is -2.52. The van der Waals surface area contributed by atoms with E-state index in [-0.39, 0.29) is 12.3 Å².